The Bertz CT molecular complexity index is 1110. The number of aromatic amines is 1. The lowest BCUT2D eigenvalue weighted by Gasteiger charge is -2.03. The fourth-order valence-electron chi connectivity index (χ4n) is 2.59. The molecule has 7 nitrogen and oxygen atoms in total. The molecule has 0 unspecified atom stereocenters. The highest BCUT2D eigenvalue weighted by atomic mass is 32.1. The third kappa shape index (κ3) is 2.37. The van der Waals surface area contributed by atoms with Crippen molar-refractivity contribution in [3.05, 3.63) is 62.2 Å². The Morgan fingerprint density at radius 2 is 2.25 bits per heavy atom. The maximum atomic E-state index is 12.4. The first-order valence-corrected chi connectivity index (χ1v) is 8.20. The van der Waals surface area contributed by atoms with E-state index in [-0.39, 0.29) is 16.8 Å². The highest BCUT2D eigenvalue weighted by Crippen LogP contribution is 2.15. The van der Waals surface area contributed by atoms with Crippen molar-refractivity contribution in [1.82, 2.24) is 25.1 Å². The van der Waals surface area contributed by atoms with Crippen LogP contribution >= 0.6 is 11.3 Å². The van der Waals surface area contributed by atoms with Gasteiger partial charge < -0.3 is 10.3 Å². The second-order valence-electron chi connectivity index (χ2n) is 5.44. The molecule has 120 valence electrons. The molecule has 0 aliphatic carbocycles. The number of hydrogen-bond donors (Lipinski definition) is 2. The lowest BCUT2D eigenvalue weighted by atomic mass is 10.2. The topological polar surface area (TPSA) is 92.1 Å². The van der Waals surface area contributed by atoms with E-state index in [1.54, 1.807) is 11.3 Å². The van der Waals surface area contributed by atoms with Gasteiger partial charge in [0, 0.05) is 4.88 Å². The Morgan fingerprint density at radius 1 is 1.38 bits per heavy atom. The van der Waals surface area contributed by atoms with Gasteiger partial charge in [0.15, 0.2) is 11.2 Å². The number of thiophene rings is 1. The summed E-state index contributed by atoms with van der Waals surface area (Å²) in [5, 5.41) is 12.6. The van der Waals surface area contributed by atoms with Gasteiger partial charge in [0.25, 0.3) is 11.5 Å². The van der Waals surface area contributed by atoms with Gasteiger partial charge in [-0.3, -0.25) is 9.59 Å². The summed E-state index contributed by atoms with van der Waals surface area (Å²) in [6.07, 6.45) is 0. The number of carbonyl (C=O) groups is 1. The molecule has 1 aromatic carbocycles. The minimum absolute atomic E-state index is 0.0234. The van der Waals surface area contributed by atoms with Crippen LogP contribution in [-0.4, -0.2) is 25.7 Å². The average molecular weight is 339 g/mol. The minimum Gasteiger partial charge on any atom is -0.346 e. The Morgan fingerprint density at radius 3 is 3.04 bits per heavy atom. The molecule has 4 rings (SSSR count). The molecule has 0 bridgehead atoms. The van der Waals surface area contributed by atoms with Crippen LogP contribution in [0.25, 0.3) is 16.6 Å². The number of H-pyrrole nitrogens is 1. The Labute approximate surface area is 139 Å². The molecule has 0 spiro atoms. The lowest BCUT2D eigenvalue weighted by Crippen LogP contribution is -2.24. The SMILES string of the molecule is Cc1ccc2c(c1)[nH]c(=O)c1c(C(=O)NCc3cccs3)nnn12. The number of benzene rings is 1. The first-order chi connectivity index (χ1) is 11.6. The van der Waals surface area contributed by atoms with E-state index in [1.165, 1.54) is 4.52 Å². The number of carbonyl (C=O) groups excluding carboxylic acids is 1. The quantitative estimate of drug-likeness (QED) is 0.596. The van der Waals surface area contributed by atoms with Crippen LogP contribution < -0.4 is 10.9 Å². The summed E-state index contributed by atoms with van der Waals surface area (Å²) in [7, 11) is 0. The zero-order valence-corrected chi connectivity index (χ0v) is 13.6. The molecule has 4 aromatic rings. The van der Waals surface area contributed by atoms with Gasteiger partial charge in [-0.1, -0.05) is 17.3 Å². The summed E-state index contributed by atoms with van der Waals surface area (Å²) in [4.78, 5) is 28.6. The normalized spacial score (nSPS) is 11.2. The number of fused-ring (bicyclic) bond motifs is 3. The molecular formula is C16H13N5O2S. The average Bonchev–Trinajstić information content (AvgIpc) is 3.22. The molecule has 0 aliphatic rings. The molecule has 3 heterocycles. The van der Waals surface area contributed by atoms with Crippen LogP contribution in [0.5, 0.6) is 0 Å². The predicted octanol–water partition coefficient (Wildman–Crippen LogP) is 1.87. The van der Waals surface area contributed by atoms with E-state index in [0.717, 1.165) is 10.4 Å². The molecule has 1 amide bonds. The molecule has 0 aliphatic heterocycles. The maximum Gasteiger partial charge on any atom is 0.277 e. The highest BCUT2D eigenvalue weighted by Gasteiger charge is 2.19. The summed E-state index contributed by atoms with van der Waals surface area (Å²) in [6.45, 7) is 2.33. The fraction of sp³-hybridized carbons (Fsp3) is 0.125. The van der Waals surface area contributed by atoms with Crippen molar-refractivity contribution in [3.63, 3.8) is 0 Å². The minimum atomic E-state index is -0.421. The molecule has 0 atom stereocenters. The van der Waals surface area contributed by atoms with Gasteiger partial charge in [-0.05, 0) is 36.1 Å². The van der Waals surface area contributed by atoms with Crippen molar-refractivity contribution in [2.75, 3.05) is 0 Å². The second-order valence-corrected chi connectivity index (χ2v) is 6.47. The fourth-order valence-corrected chi connectivity index (χ4v) is 3.23. The van der Waals surface area contributed by atoms with E-state index in [2.05, 4.69) is 20.6 Å². The van der Waals surface area contributed by atoms with Gasteiger partial charge in [-0.2, -0.15) is 0 Å². The molecule has 3 aromatic heterocycles. The lowest BCUT2D eigenvalue weighted by molar-refractivity contribution is 0.0948. The van der Waals surface area contributed by atoms with E-state index in [0.29, 0.717) is 17.6 Å². The Kier molecular flexibility index (Phi) is 3.39. The van der Waals surface area contributed by atoms with Crippen molar-refractivity contribution in [3.8, 4) is 0 Å². The zero-order valence-electron chi connectivity index (χ0n) is 12.7. The highest BCUT2D eigenvalue weighted by molar-refractivity contribution is 7.09. The van der Waals surface area contributed by atoms with Crippen LogP contribution in [0.15, 0.2) is 40.5 Å². The molecule has 0 fully saturated rings. The monoisotopic (exact) mass is 339 g/mol. The second kappa shape index (κ2) is 5.57. The van der Waals surface area contributed by atoms with Crippen molar-refractivity contribution in [2.45, 2.75) is 13.5 Å². The van der Waals surface area contributed by atoms with Gasteiger partial charge in [0.1, 0.15) is 0 Å². The Hall–Kier alpha value is -3.00. The molecule has 0 radical (unpaired) electrons. The van der Waals surface area contributed by atoms with Gasteiger partial charge in [-0.15, -0.1) is 16.4 Å². The van der Waals surface area contributed by atoms with Crippen LogP contribution in [-0.2, 0) is 6.54 Å². The van der Waals surface area contributed by atoms with Gasteiger partial charge >= 0.3 is 0 Å². The Balaban J connectivity index is 1.78. The summed E-state index contributed by atoms with van der Waals surface area (Å²) in [6, 6.07) is 9.46. The number of rotatable bonds is 3. The first-order valence-electron chi connectivity index (χ1n) is 7.32. The number of hydrogen-bond acceptors (Lipinski definition) is 5. The van der Waals surface area contributed by atoms with E-state index < -0.39 is 5.91 Å². The van der Waals surface area contributed by atoms with Crippen LogP contribution in [0.3, 0.4) is 0 Å². The van der Waals surface area contributed by atoms with Crippen LogP contribution in [0.2, 0.25) is 0 Å². The molecular weight excluding hydrogens is 326 g/mol. The van der Waals surface area contributed by atoms with Gasteiger partial charge in [0.2, 0.25) is 0 Å². The largest absolute Gasteiger partial charge is 0.346 e. The molecule has 2 N–H and O–H groups in total. The molecule has 24 heavy (non-hydrogen) atoms. The summed E-state index contributed by atoms with van der Waals surface area (Å²) in [5.41, 5.74) is 2.15. The van der Waals surface area contributed by atoms with Gasteiger partial charge in [0.05, 0.1) is 17.6 Å². The van der Waals surface area contributed by atoms with Crippen LogP contribution in [0.1, 0.15) is 20.9 Å². The van der Waals surface area contributed by atoms with Crippen molar-refractivity contribution < 1.29 is 4.79 Å². The number of amides is 1. The smallest absolute Gasteiger partial charge is 0.277 e. The van der Waals surface area contributed by atoms with Crippen LogP contribution in [0.4, 0.5) is 0 Å². The number of aromatic nitrogens is 4. The number of nitrogens with one attached hydrogen (secondary N) is 2. The molecule has 0 saturated carbocycles. The summed E-state index contributed by atoms with van der Waals surface area (Å²) < 4.78 is 1.41. The third-order valence-corrected chi connectivity index (χ3v) is 4.61. The molecule has 0 saturated heterocycles. The van der Waals surface area contributed by atoms with Crippen molar-refractivity contribution in [2.24, 2.45) is 0 Å². The standard InChI is InChI=1S/C16H13N5O2S/c1-9-4-5-12-11(7-9)18-16(23)14-13(19-20-21(12)14)15(22)17-8-10-3-2-6-24-10/h2-7H,8H2,1H3,(H,17,22)(H,18,23). The van der Waals surface area contributed by atoms with Crippen molar-refractivity contribution in [1.29, 1.82) is 0 Å². The predicted molar refractivity (Wildman–Crippen MR) is 91.3 cm³/mol. The molecule has 8 heteroatoms. The van der Waals surface area contributed by atoms with E-state index in [1.807, 2.05) is 42.6 Å². The summed E-state index contributed by atoms with van der Waals surface area (Å²) >= 11 is 1.55. The van der Waals surface area contributed by atoms with Gasteiger partial charge in [-0.25, -0.2) is 4.52 Å². The zero-order chi connectivity index (χ0) is 16.7. The van der Waals surface area contributed by atoms with E-state index in [9.17, 15) is 9.59 Å². The number of aryl methyl sites for hydroxylation is 1. The first kappa shape index (κ1) is 14.6. The van der Waals surface area contributed by atoms with E-state index >= 15 is 0 Å². The third-order valence-electron chi connectivity index (χ3n) is 3.73. The summed E-state index contributed by atoms with van der Waals surface area (Å²) in [5.74, 6) is -0.421. The van der Waals surface area contributed by atoms with Crippen LogP contribution in [0, 0.1) is 6.92 Å². The maximum absolute atomic E-state index is 12.4. The number of nitrogens with zero attached hydrogens (tertiary/aromatic N) is 3. The van der Waals surface area contributed by atoms with E-state index in [4.69, 9.17) is 0 Å². The van der Waals surface area contributed by atoms with Crippen molar-refractivity contribution >= 4 is 33.8 Å².